The first-order valence-corrected chi connectivity index (χ1v) is 7.73. The van der Waals surface area contributed by atoms with Crippen molar-refractivity contribution in [3.63, 3.8) is 0 Å². The lowest BCUT2D eigenvalue weighted by molar-refractivity contribution is 0.193. The average Bonchev–Trinajstić information content (AvgIpc) is 2.52. The summed E-state index contributed by atoms with van der Waals surface area (Å²) in [5, 5.41) is 10.5. The molecule has 4 heteroatoms. The van der Waals surface area contributed by atoms with Gasteiger partial charge >= 0.3 is 0 Å². The van der Waals surface area contributed by atoms with E-state index in [0.29, 0.717) is 22.8 Å². The largest absolute Gasteiger partial charge is 0.496 e. The number of ether oxygens (including phenoxy) is 2. The van der Waals surface area contributed by atoms with Crippen LogP contribution in [0.4, 0.5) is 0 Å². The maximum atomic E-state index is 10.5. The van der Waals surface area contributed by atoms with Crippen molar-refractivity contribution >= 4 is 11.8 Å². The maximum Gasteiger partial charge on any atom is 0.128 e. The second kappa shape index (κ2) is 7.38. The van der Waals surface area contributed by atoms with Crippen LogP contribution in [0.1, 0.15) is 17.2 Å². The number of aliphatic hydroxyl groups excluding tert-OH is 1. The summed E-state index contributed by atoms with van der Waals surface area (Å²) in [5.41, 5.74) is 1.91. The number of hydrogen-bond acceptors (Lipinski definition) is 4. The first-order chi connectivity index (χ1) is 10.2. The van der Waals surface area contributed by atoms with Crippen molar-refractivity contribution in [3.05, 3.63) is 53.6 Å². The lowest BCUT2D eigenvalue weighted by Crippen LogP contribution is -2.06. The van der Waals surface area contributed by atoms with Gasteiger partial charge in [0.15, 0.2) is 0 Å². The van der Waals surface area contributed by atoms with Crippen LogP contribution < -0.4 is 9.47 Å². The Balaban J connectivity index is 2.17. The van der Waals surface area contributed by atoms with Crippen molar-refractivity contribution in [1.29, 1.82) is 0 Å². The minimum atomic E-state index is -0.652. The Morgan fingerprint density at radius 2 is 1.62 bits per heavy atom. The minimum absolute atomic E-state index is 0.543. The van der Waals surface area contributed by atoms with Crippen LogP contribution in [-0.4, -0.2) is 25.1 Å². The molecular weight excluding hydrogens is 284 g/mol. The topological polar surface area (TPSA) is 38.7 Å². The van der Waals surface area contributed by atoms with Crippen LogP contribution in [0, 0.1) is 6.92 Å². The summed E-state index contributed by atoms with van der Waals surface area (Å²) in [6.45, 7) is 2.07. The van der Waals surface area contributed by atoms with Gasteiger partial charge in [-0.25, -0.2) is 0 Å². The summed E-state index contributed by atoms with van der Waals surface area (Å²) < 4.78 is 10.7. The third kappa shape index (κ3) is 3.71. The Bertz CT molecular complexity index is 576. The van der Waals surface area contributed by atoms with Crippen LogP contribution >= 0.6 is 11.8 Å². The molecule has 3 nitrogen and oxygen atoms in total. The molecule has 21 heavy (non-hydrogen) atoms. The number of aryl methyl sites for hydroxylation is 1. The van der Waals surface area contributed by atoms with Gasteiger partial charge in [0.25, 0.3) is 0 Å². The van der Waals surface area contributed by atoms with Crippen LogP contribution in [0.15, 0.2) is 47.4 Å². The lowest BCUT2D eigenvalue weighted by atomic mass is 10.1. The highest BCUT2D eigenvalue weighted by molar-refractivity contribution is 7.99. The van der Waals surface area contributed by atoms with E-state index >= 15 is 0 Å². The van der Waals surface area contributed by atoms with E-state index in [1.165, 1.54) is 10.5 Å². The Morgan fingerprint density at radius 1 is 1.00 bits per heavy atom. The molecule has 0 saturated carbocycles. The van der Waals surface area contributed by atoms with E-state index in [9.17, 15) is 5.11 Å². The van der Waals surface area contributed by atoms with Gasteiger partial charge in [0, 0.05) is 10.6 Å². The smallest absolute Gasteiger partial charge is 0.128 e. The number of rotatable bonds is 6. The lowest BCUT2D eigenvalue weighted by Gasteiger charge is -2.18. The summed E-state index contributed by atoms with van der Waals surface area (Å²) in [6, 6.07) is 13.7. The molecule has 2 rings (SSSR count). The molecule has 0 aliphatic rings. The quantitative estimate of drug-likeness (QED) is 0.823. The normalized spacial score (nSPS) is 12.0. The van der Waals surface area contributed by atoms with E-state index in [-0.39, 0.29) is 0 Å². The number of hydrogen-bond donors (Lipinski definition) is 1. The Hall–Kier alpha value is -1.65. The van der Waals surface area contributed by atoms with Crippen molar-refractivity contribution < 1.29 is 14.6 Å². The van der Waals surface area contributed by atoms with Gasteiger partial charge in [-0.05, 0) is 30.7 Å². The van der Waals surface area contributed by atoms with Crippen LogP contribution in [0.25, 0.3) is 0 Å². The fourth-order valence-electron chi connectivity index (χ4n) is 2.18. The molecule has 0 saturated heterocycles. The van der Waals surface area contributed by atoms with E-state index in [2.05, 4.69) is 19.1 Å². The molecule has 112 valence electrons. The zero-order valence-corrected chi connectivity index (χ0v) is 13.3. The first kappa shape index (κ1) is 15.7. The summed E-state index contributed by atoms with van der Waals surface area (Å²) in [4.78, 5) is 1.17. The molecule has 2 aromatic carbocycles. The molecule has 1 unspecified atom stereocenters. The number of benzene rings is 2. The third-order valence-electron chi connectivity index (χ3n) is 3.29. The monoisotopic (exact) mass is 304 g/mol. The minimum Gasteiger partial charge on any atom is -0.496 e. The highest BCUT2D eigenvalue weighted by Crippen LogP contribution is 2.37. The summed E-state index contributed by atoms with van der Waals surface area (Å²) >= 11 is 1.63. The van der Waals surface area contributed by atoms with Gasteiger partial charge in [0.05, 0.1) is 25.9 Å². The summed E-state index contributed by atoms with van der Waals surface area (Å²) in [5.74, 6) is 1.83. The second-order valence-electron chi connectivity index (χ2n) is 4.67. The second-order valence-corrected chi connectivity index (χ2v) is 5.73. The van der Waals surface area contributed by atoms with Gasteiger partial charge in [0.2, 0.25) is 0 Å². The molecule has 1 atom stereocenters. The average molecular weight is 304 g/mol. The zero-order chi connectivity index (χ0) is 15.2. The SMILES string of the molecule is COc1cccc(OC)c1C(O)CSc1ccccc1C. The molecule has 0 radical (unpaired) electrons. The highest BCUT2D eigenvalue weighted by Gasteiger charge is 2.19. The first-order valence-electron chi connectivity index (χ1n) is 6.74. The van der Waals surface area contributed by atoms with E-state index in [0.717, 1.165) is 0 Å². The molecular formula is C17H20O3S. The standard InChI is InChI=1S/C17H20O3S/c1-12-7-4-5-10-16(12)21-11-13(18)17-14(19-2)8-6-9-15(17)20-3/h4-10,13,18H,11H2,1-3H3. The molecule has 0 aliphatic carbocycles. The Morgan fingerprint density at radius 3 is 2.19 bits per heavy atom. The maximum absolute atomic E-state index is 10.5. The van der Waals surface area contributed by atoms with Crippen molar-refractivity contribution in [2.75, 3.05) is 20.0 Å². The van der Waals surface area contributed by atoms with E-state index in [1.807, 2.05) is 30.3 Å². The van der Waals surface area contributed by atoms with Gasteiger partial charge in [-0.15, -0.1) is 11.8 Å². The molecule has 0 heterocycles. The number of aliphatic hydroxyl groups is 1. The van der Waals surface area contributed by atoms with Crippen molar-refractivity contribution in [2.24, 2.45) is 0 Å². The number of thioether (sulfide) groups is 1. The van der Waals surface area contributed by atoms with Crippen LogP contribution in [-0.2, 0) is 0 Å². The molecule has 0 aliphatic heterocycles. The molecule has 0 amide bonds. The fraction of sp³-hybridized carbons (Fsp3) is 0.294. The van der Waals surface area contributed by atoms with Crippen LogP contribution in [0.2, 0.25) is 0 Å². The van der Waals surface area contributed by atoms with Gasteiger partial charge in [-0.3, -0.25) is 0 Å². The van der Waals surface area contributed by atoms with Crippen LogP contribution in [0.5, 0.6) is 11.5 Å². The zero-order valence-electron chi connectivity index (χ0n) is 12.5. The van der Waals surface area contributed by atoms with Crippen LogP contribution in [0.3, 0.4) is 0 Å². The van der Waals surface area contributed by atoms with Gasteiger partial charge in [0.1, 0.15) is 11.5 Å². The fourth-order valence-corrected chi connectivity index (χ4v) is 3.15. The number of methoxy groups -OCH3 is 2. The van der Waals surface area contributed by atoms with Crippen molar-refractivity contribution in [1.82, 2.24) is 0 Å². The predicted octanol–water partition coefficient (Wildman–Crippen LogP) is 3.84. The van der Waals surface area contributed by atoms with E-state index in [1.54, 1.807) is 26.0 Å². The van der Waals surface area contributed by atoms with Gasteiger partial charge < -0.3 is 14.6 Å². The third-order valence-corrected chi connectivity index (χ3v) is 4.54. The van der Waals surface area contributed by atoms with Crippen molar-refractivity contribution in [2.45, 2.75) is 17.9 Å². The highest BCUT2D eigenvalue weighted by atomic mass is 32.2. The summed E-state index contributed by atoms with van der Waals surface area (Å²) in [6.07, 6.45) is -0.652. The summed E-state index contributed by atoms with van der Waals surface area (Å²) in [7, 11) is 3.19. The van der Waals surface area contributed by atoms with E-state index in [4.69, 9.17) is 9.47 Å². The Labute approximate surface area is 129 Å². The predicted molar refractivity (Wildman–Crippen MR) is 86.4 cm³/mol. The molecule has 2 aromatic rings. The molecule has 0 bridgehead atoms. The molecule has 0 aromatic heterocycles. The van der Waals surface area contributed by atoms with E-state index < -0.39 is 6.10 Å². The Kier molecular flexibility index (Phi) is 5.53. The molecule has 1 N–H and O–H groups in total. The molecule has 0 spiro atoms. The van der Waals surface area contributed by atoms with Gasteiger partial charge in [-0.1, -0.05) is 24.3 Å². The molecule has 0 fully saturated rings. The van der Waals surface area contributed by atoms with Gasteiger partial charge in [-0.2, -0.15) is 0 Å². The van der Waals surface area contributed by atoms with Crippen molar-refractivity contribution in [3.8, 4) is 11.5 Å².